The Hall–Kier alpha value is -2.19. The van der Waals surface area contributed by atoms with Gasteiger partial charge in [0.2, 0.25) is 16.0 Å². The summed E-state index contributed by atoms with van der Waals surface area (Å²) in [4.78, 5) is 3.66. The van der Waals surface area contributed by atoms with Crippen molar-refractivity contribution < 1.29 is 17.5 Å². The van der Waals surface area contributed by atoms with E-state index in [4.69, 9.17) is 9.88 Å². The van der Waals surface area contributed by atoms with Gasteiger partial charge >= 0.3 is 0 Å². The SMILES string of the molecule is CCc1ccc(NCc2cc(OC)cnc2F)cc1S(N)(=O)=O. The van der Waals surface area contributed by atoms with E-state index in [9.17, 15) is 12.8 Å². The van der Waals surface area contributed by atoms with Crippen LogP contribution in [0.3, 0.4) is 0 Å². The van der Waals surface area contributed by atoms with Gasteiger partial charge in [-0.25, -0.2) is 18.5 Å². The third-order valence-corrected chi connectivity index (χ3v) is 4.35. The lowest BCUT2D eigenvalue weighted by atomic mass is 10.1. The van der Waals surface area contributed by atoms with E-state index < -0.39 is 16.0 Å². The Morgan fingerprint density at radius 3 is 2.65 bits per heavy atom. The third kappa shape index (κ3) is 4.17. The molecule has 0 fully saturated rings. The zero-order valence-corrected chi connectivity index (χ0v) is 13.7. The number of hydrogen-bond donors (Lipinski definition) is 2. The quantitative estimate of drug-likeness (QED) is 0.786. The molecule has 0 aliphatic heterocycles. The minimum Gasteiger partial charge on any atom is -0.495 e. The Kier molecular flexibility index (Phi) is 5.17. The first-order valence-electron chi connectivity index (χ1n) is 6.93. The van der Waals surface area contributed by atoms with Crippen LogP contribution >= 0.6 is 0 Å². The fourth-order valence-corrected chi connectivity index (χ4v) is 3.00. The molecule has 3 N–H and O–H groups in total. The van der Waals surface area contributed by atoms with Crippen molar-refractivity contribution in [2.75, 3.05) is 12.4 Å². The van der Waals surface area contributed by atoms with E-state index >= 15 is 0 Å². The molecule has 0 saturated carbocycles. The number of pyridine rings is 1. The van der Waals surface area contributed by atoms with Gasteiger partial charge in [-0.2, -0.15) is 4.39 Å². The average Bonchev–Trinajstić information content (AvgIpc) is 2.53. The molecule has 2 aromatic rings. The highest BCUT2D eigenvalue weighted by molar-refractivity contribution is 7.89. The molecule has 6 nitrogen and oxygen atoms in total. The van der Waals surface area contributed by atoms with Crippen LogP contribution in [0.15, 0.2) is 35.4 Å². The lowest BCUT2D eigenvalue weighted by molar-refractivity contribution is 0.409. The van der Waals surface area contributed by atoms with E-state index in [0.29, 0.717) is 29.0 Å². The molecule has 1 aromatic carbocycles. The molecular formula is C15H18FN3O3S. The van der Waals surface area contributed by atoms with Gasteiger partial charge in [-0.05, 0) is 30.2 Å². The monoisotopic (exact) mass is 339 g/mol. The van der Waals surface area contributed by atoms with Crippen molar-refractivity contribution in [3.8, 4) is 5.75 Å². The summed E-state index contributed by atoms with van der Waals surface area (Å²) in [5.74, 6) is -0.176. The second-order valence-corrected chi connectivity index (χ2v) is 6.43. The van der Waals surface area contributed by atoms with Crippen molar-refractivity contribution in [1.82, 2.24) is 4.98 Å². The van der Waals surface area contributed by atoms with Crippen molar-refractivity contribution in [2.24, 2.45) is 5.14 Å². The number of methoxy groups -OCH3 is 1. The van der Waals surface area contributed by atoms with Crippen molar-refractivity contribution in [1.29, 1.82) is 0 Å². The van der Waals surface area contributed by atoms with Crippen LogP contribution in [0.5, 0.6) is 5.75 Å². The fraction of sp³-hybridized carbons (Fsp3) is 0.267. The van der Waals surface area contributed by atoms with Gasteiger partial charge < -0.3 is 10.1 Å². The topological polar surface area (TPSA) is 94.3 Å². The van der Waals surface area contributed by atoms with E-state index in [1.54, 1.807) is 12.1 Å². The molecule has 0 aliphatic rings. The van der Waals surface area contributed by atoms with Gasteiger partial charge in [-0.15, -0.1) is 0 Å². The Balaban J connectivity index is 2.25. The molecular weight excluding hydrogens is 321 g/mol. The zero-order chi connectivity index (χ0) is 17.0. The Morgan fingerprint density at radius 2 is 2.04 bits per heavy atom. The van der Waals surface area contributed by atoms with Crippen molar-refractivity contribution >= 4 is 15.7 Å². The second kappa shape index (κ2) is 6.93. The number of sulfonamides is 1. The van der Waals surface area contributed by atoms with Gasteiger partial charge in [0.05, 0.1) is 18.2 Å². The number of nitrogens with one attached hydrogen (secondary N) is 1. The Labute approximate surface area is 134 Å². The molecule has 1 heterocycles. The first-order chi connectivity index (χ1) is 10.8. The number of nitrogens with zero attached hydrogens (tertiary/aromatic N) is 1. The van der Waals surface area contributed by atoms with Crippen LogP contribution in [-0.4, -0.2) is 20.5 Å². The lowest BCUT2D eigenvalue weighted by Gasteiger charge is -2.11. The maximum absolute atomic E-state index is 13.7. The van der Waals surface area contributed by atoms with E-state index in [1.165, 1.54) is 25.4 Å². The van der Waals surface area contributed by atoms with Gasteiger partial charge in [-0.3, -0.25) is 0 Å². The molecule has 0 atom stereocenters. The van der Waals surface area contributed by atoms with Crippen molar-refractivity contribution in [2.45, 2.75) is 24.8 Å². The van der Waals surface area contributed by atoms with Crippen LogP contribution in [0.1, 0.15) is 18.1 Å². The molecule has 1 aromatic heterocycles. The summed E-state index contributed by atoms with van der Waals surface area (Å²) in [5.41, 5.74) is 1.46. The number of nitrogens with two attached hydrogens (primary N) is 1. The number of primary sulfonamides is 1. The van der Waals surface area contributed by atoms with Crippen LogP contribution in [-0.2, 0) is 23.0 Å². The van der Waals surface area contributed by atoms with E-state index in [2.05, 4.69) is 10.3 Å². The highest BCUT2D eigenvalue weighted by Crippen LogP contribution is 2.22. The summed E-state index contributed by atoms with van der Waals surface area (Å²) in [6, 6.07) is 6.37. The van der Waals surface area contributed by atoms with Crippen LogP contribution in [0.4, 0.5) is 10.1 Å². The van der Waals surface area contributed by atoms with Crippen LogP contribution < -0.4 is 15.2 Å². The number of aromatic nitrogens is 1. The average molecular weight is 339 g/mol. The van der Waals surface area contributed by atoms with Crippen molar-refractivity contribution in [3.05, 3.63) is 47.5 Å². The maximum atomic E-state index is 13.7. The first-order valence-corrected chi connectivity index (χ1v) is 8.47. The van der Waals surface area contributed by atoms with E-state index in [0.717, 1.165) is 0 Å². The number of rotatable bonds is 6. The molecule has 124 valence electrons. The fourth-order valence-electron chi connectivity index (χ4n) is 2.13. The molecule has 2 rings (SSSR count). The molecule has 8 heteroatoms. The minimum absolute atomic E-state index is 0.0641. The normalized spacial score (nSPS) is 11.3. The Morgan fingerprint density at radius 1 is 1.30 bits per heavy atom. The van der Waals surface area contributed by atoms with E-state index in [1.807, 2.05) is 6.92 Å². The van der Waals surface area contributed by atoms with Crippen molar-refractivity contribution in [3.63, 3.8) is 0 Å². The van der Waals surface area contributed by atoms with Gasteiger partial charge in [-0.1, -0.05) is 13.0 Å². The predicted molar refractivity (Wildman–Crippen MR) is 85.3 cm³/mol. The minimum atomic E-state index is -3.82. The van der Waals surface area contributed by atoms with E-state index in [-0.39, 0.29) is 11.4 Å². The molecule has 0 amide bonds. The van der Waals surface area contributed by atoms with Gasteiger partial charge in [0.15, 0.2) is 0 Å². The highest BCUT2D eigenvalue weighted by atomic mass is 32.2. The summed E-state index contributed by atoms with van der Waals surface area (Å²) in [7, 11) is -2.35. The number of aryl methyl sites for hydroxylation is 1. The molecule has 0 spiro atoms. The molecule has 0 aliphatic carbocycles. The van der Waals surface area contributed by atoms with Crippen LogP contribution in [0, 0.1) is 5.95 Å². The summed E-state index contributed by atoms with van der Waals surface area (Å²) < 4.78 is 42.0. The summed E-state index contributed by atoms with van der Waals surface area (Å²) in [6.45, 7) is 1.97. The Bertz CT molecular complexity index is 810. The second-order valence-electron chi connectivity index (χ2n) is 4.90. The summed E-state index contributed by atoms with van der Waals surface area (Å²) in [5, 5.41) is 8.19. The van der Waals surface area contributed by atoms with Crippen LogP contribution in [0.25, 0.3) is 0 Å². The summed E-state index contributed by atoms with van der Waals surface area (Å²) in [6.07, 6.45) is 1.83. The third-order valence-electron chi connectivity index (χ3n) is 3.36. The zero-order valence-electron chi connectivity index (χ0n) is 12.8. The highest BCUT2D eigenvalue weighted by Gasteiger charge is 2.14. The standard InChI is InChI=1S/C15H18FN3O3S/c1-3-10-4-5-12(7-14(10)23(17,20)21)18-8-11-6-13(22-2)9-19-15(11)16/h4-7,9,18H,3,8H2,1-2H3,(H2,17,20,21). The molecule has 23 heavy (non-hydrogen) atoms. The first kappa shape index (κ1) is 17.2. The molecule has 0 bridgehead atoms. The van der Waals surface area contributed by atoms with Gasteiger partial charge in [0.25, 0.3) is 0 Å². The maximum Gasteiger partial charge on any atom is 0.238 e. The number of benzene rings is 1. The number of anilines is 1. The molecule has 0 saturated heterocycles. The largest absolute Gasteiger partial charge is 0.495 e. The number of halogens is 1. The number of ether oxygens (including phenoxy) is 1. The lowest BCUT2D eigenvalue weighted by Crippen LogP contribution is -2.15. The van der Waals surface area contributed by atoms with Gasteiger partial charge in [0.1, 0.15) is 5.75 Å². The summed E-state index contributed by atoms with van der Waals surface area (Å²) >= 11 is 0. The van der Waals surface area contributed by atoms with Gasteiger partial charge in [0, 0.05) is 17.8 Å². The van der Waals surface area contributed by atoms with Crippen LogP contribution in [0.2, 0.25) is 0 Å². The molecule has 0 unspecified atom stereocenters. The molecule has 0 radical (unpaired) electrons. The smallest absolute Gasteiger partial charge is 0.238 e. The number of hydrogen-bond acceptors (Lipinski definition) is 5. The predicted octanol–water partition coefficient (Wildman–Crippen LogP) is 2.05.